The van der Waals surface area contributed by atoms with Gasteiger partial charge in [-0.2, -0.15) is 12.6 Å². The van der Waals surface area contributed by atoms with Crippen LogP contribution in [0.3, 0.4) is 0 Å². The van der Waals surface area contributed by atoms with Crippen LogP contribution >= 0.6 is 12.6 Å². The molecule has 0 atom stereocenters. The molecule has 0 fully saturated rings. The van der Waals surface area contributed by atoms with E-state index < -0.39 is 0 Å². The van der Waals surface area contributed by atoms with Gasteiger partial charge in [-0.25, -0.2) is 4.98 Å². The Bertz CT molecular complexity index is 543. The molecule has 0 spiro atoms. The van der Waals surface area contributed by atoms with Crippen LogP contribution in [0.25, 0.3) is 11.0 Å². The number of aryl methyl sites for hydroxylation is 2. The first kappa shape index (κ1) is 14.4. The van der Waals surface area contributed by atoms with Crippen LogP contribution in [0.1, 0.15) is 50.9 Å². The molecule has 0 aliphatic carbocycles. The molecule has 1 heterocycles. The first-order valence-electron chi connectivity index (χ1n) is 7.27. The smallest absolute Gasteiger partial charge is 0.110 e. The Kier molecular flexibility index (Phi) is 4.92. The monoisotopic (exact) mass is 276 g/mol. The molecule has 0 bridgehead atoms. The second-order valence-corrected chi connectivity index (χ2v) is 5.86. The van der Waals surface area contributed by atoms with Crippen molar-refractivity contribution in [2.45, 2.75) is 52.5 Å². The molecular formula is C16H24N2S. The fourth-order valence-electron chi connectivity index (χ4n) is 2.41. The highest BCUT2D eigenvalue weighted by molar-refractivity contribution is 7.80. The third kappa shape index (κ3) is 3.14. The molecular weight excluding hydrogens is 252 g/mol. The van der Waals surface area contributed by atoms with E-state index in [4.69, 9.17) is 4.98 Å². The molecule has 2 rings (SSSR count). The van der Waals surface area contributed by atoms with Gasteiger partial charge in [0.05, 0.1) is 11.0 Å². The lowest BCUT2D eigenvalue weighted by molar-refractivity contribution is 0.620. The van der Waals surface area contributed by atoms with E-state index in [9.17, 15) is 0 Å². The zero-order chi connectivity index (χ0) is 13.8. The van der Waals surface area contributed by atoms with E-state index in [1.807, 2.05) is 0 Å². The van der Waals surface area contributed by atoms with Crippen molar-refractivity contribution in [2.75, 3.05) is 5.75 Å². The van der Waals surface area contributed by atoms with Gasteiger partial charge in [0, 0.05) is 13.0 Å². The van der Waals surface area contributed by atoms with Crippen LogP contribution in [0, 0.1) is 0 Å². The summed E-state index contributed by atoms with van der Waals surface area (Å²) < 4.78 is 2.37. The van der Waals surface area contributed by atoms with Crippen LogP contribution in [-0.2, 0) is 13.0 Å². The fourth-order valence-corrected chi connectivity index (χ4v) is 2.61. The quantitative estimate of drug-likeness (QED) is 0.773. The minimum absolute atomic E-state index is 0.554. The number of nitrogens with zero attached hydrogens (tertiary/aromatic N) is 2. The summed E-state index contributed by atoms with van der Waals surface area (Å²) in [5.74, 6) is 2.59. The molecule has 0 saturated carbocycles. The summed E-state index contributed by atoms with van der Waals surface area (Å²) in [5.41, 5.74) is 3.78. The van der Waals surface area contributed by atoms with E-state index in [0.717, 1.165) is 24.2 Å². The zero-order valence-electron chi connectivity index (χ0n) is 12.2. The van der Waals surface area contributed by atoms with Crippen LogP contribution in [0.2, 0.25) is 0 Å². The number of benzene rings is 1. The summed E-state index contributed by atoms with van der Waals surface area (Å²) in [6.45, 7) is 7.75. The summed E-state index contributed by atoms with van der Waals surface area (Å²) in [4.78, 5) is 4.81. The molecule has 0 N–H and O–H groups in total. The highest BCUT2D eigenvalue weighted by Crippen LogP contribution is 2.23. The average molecular weight is 276 g/mol. The standard InChI is InChI=1S/C16H24N2S/c1-4-5-9-18-15-7-6-13(12(2)3)11-14(15)17-16(18)8-10-19/h6-7,11-12,19H,4-5,8-10H2,1-3H3. The Morgan fingerprint density at radius 2 is 2.11 bits per heavy atom. The van der Waals surface area contributed by atoms with Gasteiger partial charge in [0.1, 0.15) is 5.82 Å². The summed E-state index contributed by atoms with van der Waals surface area (Å²) in [5, 5.41) is 0. The van der Waals surface area contributed by atoms with Gasteiger partial charge in [-0.15, -0.1) is 0 Å². The summed E-state index contributed by atoms with van der Waals surface area (Å²) in [7, 11) is 0. The third-order valence-corrected chi connectivity index (χ3v) is 3.81. The van der Waals surface area contributed by atoms with Crippen LogP contribution in [0.4, 0.5) is 0 Å². The number of rotatable bonds is 6. The molecule has 0 radical (unpaired) electrons. The van der Waals surface area contributed by atoms with Gasteiger partial charge in [-0.05, 0) is 35.8 Å². The van der Waals surface area contributed by atoms with E-state index in [1.165, 1.54) is 29.7 Å². The Balaban J connectivity index is 2.46. The molecule has 0 saturated heterocycles. The maximum absolute atomic E-state index is 4.81. The summed E-state index contributed by atoms with van der Waals surface area (Å²) in [6, 6.07) is 6.71. The Morgan fingerprint density at radius 1 is 1.32 bits per heavy atom. The molecule has 0 unspecified atom stereocenters. The Labute approximate surface area is 121 Å². The van der Waals surface area contributed by atoms with Gasteiger partial charge in [-0.1, -0.05) is 33.3 Å². The number of thiol groups is 1. The molecule has 0 amide bonds. The molecule has 1 aromatic heterocycles. The predicted octanol–water partition coefficient (Wildman–Crippen LogP) is 4.43. The topological polar surface area (TPSA) is 17.8 Å². The zero-order valence-corrected chi connectivity index (χ0v) is 13.1. The number of imidazole rings is 1. The van der Waals surface area contributed by atoms with Crippen molar-refractivity contribution in [1.29, 1.82) is 0 Å². The maximum Gasteiger partial charge on any atom is 0.110 e. The van der Waals surface area contributed by atoms with Crippen molar-refractivity contribution in [3.05, 3.63) is 29.6 Å². The minimum Gasteiger partial charge on any atom is -0.328 e. The van der Waals surface area contributed by atoms with Gasteiger partial charge < -0.3 is 4.57 Å². The van der Waals surface area contributed by atoms with Crippen molar-refractivity contribution in [1.82, 2.24) is 9.55 Å². The maximum atomic E-state index is 4.81. The molecule has 104 valence electrons. The van der Waals surface area contributed by atoms with Crippen molar-refractivity contribution in [2.24, 2.45) is 0 Å². The number of hydrogen-bond donors (Lipinski definition) is 1. The van der Waals surface area contributed by atoms with Crippen LogP contribution < -0.4 is 0 Å². The Morgan fingerprint density at radius 3 is 2.74 bits per heavy atom. The lowest BCUT2D eigenvalue weighted by Gasteiger charge is -2.08. The fraction of sp³-hybridized carbons (Fsp3) is 0.562. The number of hydrogen-bond acceptors (Lipinski definition) is 2. The van der Waals surface area contributed by atoms with Crippen molar-refractivity contribution in [3.63, 3.8) is 0 Å². The van der Waals surface area contributed by atoms with E-state index in [1.54, 1.807) is 0 Å². The second-order valence-electron chi connectivity index (χ2n) is 5.41. The molecule has 19 heavy (non-hydrogen) atoms. The third-order valence-electron chi connectivity index (χ3n) is 3.59. The predicted molar refractivity (Wildman–Crippen MR) is 86.3 cm³/mol. The van der Waals surface area contributed by atoms with Crippen LogP contribution in [0.15, 0.2) is 18.2 Å². The molecule has 0 aliphatic rings. The van der Waals surface area contributed by atoms with Gasteiger partial charge in [0.15, 0.2) is 0 Å². The summed E-state index contributed by atoms with van der Waals surface area (Å²) in [6.07, 6.45) is 3.36. The van der Waals surface area contributed by atoms with Crippen molar-refractivity contribution >= 4 is 23.7 Å². The summed E-state index contributed by atoms with van der Waals surface area (Å²) >= 11 is 4.35. The molecule has 3 heteroatoms. The number of aromatic nitrogens is 2. The van der Waals surface area contributed by atoms with Crippen molar-refractivity contribution in [3.8, 4) is 0 Å². The van der Waals surface area contributed by atoms with Gasteiger partial charge >= 0.3 is 0 Å². The molecule has 2 nitrogen and oxygen atoms in total. The SMILES string of the molecule is CCCCn1c(CCS)nc2cc(C(C)C)ccc21. The molecule has 1 aromatic carbocycles. The second kappa shape index (κ2) is 6.47. The van der Waals surface area contributed by atoms with Gasteiger partial charge in [0.2, 0.25) is 0 Å². The highest BCUT2D eigenvalue weighted by Gasteiger charge is 2.11. The minimum atomic E-state index is 0.554. The highest BCUT2D eigenvalue weighted by atomic mass is 32.1. The van der Waals surface area contributed by atoms with E-state index in [2.05, 4.69) is 56.2 Å². The molecule has 2 aromatic rings. The average Bonchev–Trinajstić information content (AvgIpc) is 2.73. The van der Waals surface area contributed by atoms with Gasteiger partial charge in [-0.3, -0.25) is 0 Å². The lowest BCUT2D eigenvalue weighted by Crippen LogP contribution is -2.04. The first-order valence-corrected chi connectivity index (χ1v) is 7.90. The molecule has 0 aliphatic heterocycles. The van der Waals surface area contributed by atoms with Crippen LogP contribution in [-0.4, -0.2) is 15.3 Å². The largest absolute Gasteiger partial charge is 0.328 e. The normalized spacial score (nSPS) is 11.6. The first-order chi connectivity index (χ1) is 9.17. The number of fused-ring (bicyclic) bond motifs is 1. The van der Waals surface area contributed by atoms with Crippen molar-refractivity contribution < 1.29 is 0 Å². The van der Waals surface area contributed by atoms with Gasteiger partial charge in [0.25, 0.3) is 0 Å². The van der Waals surface area contributed by atoms with E-state index >= 15 is 0 Å². The van der Waals surface area contributed by atoms with E-state index in [0.29, 0.717) is 5.92 Å². The van der Waals surface area contributed by atoms with Crippen LogP contribution in [0.5, 0.6) is 0 Å². The Hall–Kier alpha value is -0.960. The number of unbranched alkanes of at least 4 members (excludes halogenated alkanes) is 1. The van der Waals surface area contributed by atoms with E-state index in [-0.39, 0.29) is 0 Å². The lowest BCUT2D eigenvalue weighted by atomic mass is 10.0.